The fourth-order valence-electron chi connectivity index (χ4n) is 9.45. The Balaban J connectivity index is 0.000000187. The number of hydrogen-bond acceptors (Lipinski definition) is 48. The molecule has 0 aliphatic carbocycles. The summed E-state index contributed by atoms with van der Waals surface area (Å²) < 4.78 is 106. The van der Waals surface area contributed by atoms with Gasteiger partial charge in [0.1, 0.15) is 183 Å². The quantitative estimate of drug-likeness (QED) is 0.0863. The lowest BCUT2D eigenvalue weighted by Crippen LogP contribution is -2.44. The first-order valence-electron chi connectivity index (χ1n) is 34.0. The van der Waals surface area contributed by atoms with Gasteiger partial charge in [-0.1, -0.05) is 39.5 Å². The molecule has 102 heavy (non-hydrogen) atoms. The predicted molar refractivity (Wildman–Crippen MR) is 353 cm³/mol. The molecular weight excluding hydrogens is 1370 g/mol. The molecule has 6 unspecified atom stereocenters. The Bertz CT molecular complexity index is 3900. The van der Waals surface area contributed by atoms with Crippen LogP contribution in [0.5, 0.6) is 0 Å². The van der Waals surface area contributed by atoms with Crippen LogP contribution in [0.3, 0.4) is 0 Å². The van der Waals surface area contributed by atoms with Crippen molar-refractivity contribution in [3.05, 3.63) is 74.4 Å². The summed E-state index contributed by atoms with van der Waals surface area (Å²) in [6, 6.07) is 0. The molecule has 12 rings (SSSR count). The van der Waals surface area contributed by atoms with Crippen molar-refractivity contribution >= 4 is 73.8 Å². The summed E-state index contributed by atoms with van der Waals surface area (Å²) in [7, 11) is 0. The summed E-state index contributed by atoms with van der Waals surface area (Å²) in [4.78, 5) is 51.4. The van der Waals surface area contributed by atoms with Crippen molar-refractivity contribution in [2.45, 2.75) is 147 Å². The van der Waals surface area contributed by atoms with E-state index in [0.29, 0.717) is 0 Å². The average Bonchev–Trinajstić information content (AvgIpc) is 1.55. The molecule has 12 heterocycles. The predicted octanol–water partition coefficient (Wildman–Crippen LogP) is -14.7. The fourth-order valence-corrected chi connectivity index (χ4v) is 9.45. The van der Waals surface area contributed by atoms with Gasteiger partial charge in [0.05, 0.1) is 53.3 Å². The Hall–Kier alpha value is -8.88. The van der Waals surface area contributed by atoms with Gasteiger partial charge in [0.2, 0.25) is 35.8 Å². The van der Waals surface area contributed by atoms with Gasteiger partial charge in [-0.3, -0.25) is 29.4 Å². The standard InChI is InChI=1S/6C9H14N4O4/c6*1-4-12-9(10)11-3-13(4)8-7(16)6(15)5(2-14)17-8/h6*3,5-8,14-16H,1-2H2,(H2,10,12)/t6*5-,6?,7+,8-/m111111/s1/i2D2,5D,6D;8D;7D;6D;5D;2D2. The Morgan fingerprint density at radius 2 is 0.618 bits per heavy atom. The number of aliphatic imine (C=N–C) groups is 12. The average molecular weight is 1460 g/mol. The SMILES string of the molecule is [2H]C([2H])(O)[C@@]1([2H])O[C@@H](N2C=NC(N)=NC2=C)[C@@H](O)C1([2H])O.[2H]C([2H])(O)[C@H]1O[C@@H](N2C=NC(N)=NC2=C)[C@@H](O)C1O.[2H]C1(O)[C@H](O)[C@H](N2C=NC(N)=NC2=C)O[C@@H]1CO.[2H][C@@]1(N2C=NC(N)=NC2=C)O[C@H](CO)C(O)[C@@H]1O.[2H][C@]1(CO)O[C@@H](N2C=NC(N)=NC2=C)[C@@H](O)C1O.[2H][C@]1(O)C(O)[C@@H](CO)O[C@H]1N1C=NC(N)=NC1=C. The molecule has 24 atom stereocenters. The first-order valence-corrected chi connectivity index (χ1v) is 29.0. The van der Waals surface area contributed by atoms with E-state index in [4.69, 9.17) is 97.0 Å². The number of guanidine groups is 6. The van der Waals surface area contributed by atoms with Crippen LogP contribution in [0.2, 0.25) is 0 Å². The van der Waals surface area contributed by atoms with Crippen LogP contribution in [0.25, 0.3) is 0 Å². The molecule has 0 saturated carbocycles. The van der Waals surface area contributed by atoms with Crippen LogP contribution in [0, 0.1) is 0 Å². The van der Waals surface area contributed by atoms with Crippen LogP contribution in [0.15, 0.2) is 134 Å². The van der Waals surface area contributed by atoms with E-state index in [2.05, 4.69) is 99.4 Å². The van der Waals surface area contributed by atoms with Crippen LogP contribution in [-0.4, -0.2) is 382 Å². The van der Waals surface area contributed by atoms with E-state index in [0.717, 1.165) is 22.5 Å². The van der Waals surface area contributed by atoms with Crippen LogP contribution in [0.1, 0.15) is 13.7 Å². The van der Waals surface area contributed by atoms with E-state index in [1.807, 2.05) is 0 Å². The zero-order chi connectivity index (χ0) is 84.6. The number of nitrogens with zero attached hydrogens (tertiary/aromatic N) is 18. The number of aliphatic hydroxyl groups is 18. The Morgan fingerprint density at radius 3 is 0.931 bits per heavy atom. The van der Waals surface area contributed by atoms with Gasteiger partial charge in [0.15, 0.2) is 37.3 Å². The summed E-state index contributed by atoms with van der Waals surface area (Å²) in [6.07, 6.45) is -33.5. The summed E-state index contributed by atoms with van der Waals surface area (Å²) in [5.41, 5.74) is 32.1. The molecule has 6 saturated heterocycles. The first-order chi connectivity index (χ1) is 51.7. The minimum absolute atomic E-state index is 0.00331. The van der Waals surface area contributed by atoms with Gasteiger partial charge in [-0.05, 0) is 0 Å². The van der Waals surface area contributed by atoms with Crippen molar-refractivity contribution in [3.63, 3.8) is 0 Å². The van der Waals surface area contributed by atoms with Crippen molar-refractivity contribution in [2.24, 2.45) is 94.3 Å². The Morgan fingerprint density at radius 1 is 0.314 bits per heavy atom. The summed E-state index contributed by atoms with van der Waals surface area (Å²) >= 11 is 0. The first kappa shape index (κ1) is 66.4. The third kappa shape index (κ3) is 18.3. The highest BCUT2D eigenvalue weighted by molar-refractivity contribution is 5.92. The van der Waals surface area contributed by atoms with Crippen molar-refractivity contribution < 1.29 is 134 Å². The van der Waals surface area contributed by atoms with Gasteiger partial charge in [-0.2, -0.15) is 30.0 Å². The molecule has 48 nitrogen and oxygen atoms in total. The fraction of sp³-hybridized carbons (Fsp3) is 0.556. The van der Waals surface area contributed by atoms with E-state index < -0.39 is 187 Å². The molecule has 0 aromatic carbocycles. The molecule has 0 aromatic heterocycles. The lowest BCUT2D eigenvalue weighted by molar-refractivity contribution is -0.0607. The minimum atomic E-state index is -3.42. The number of nitrogens with two attached hydrogens (primary N) is 6. The minimum Gasteiger partial charge on any atom is -0.394 e. The molecule has 0 radical (unpaired) electrons. The molecule has 0 aromatic rings. The van der Waals surface area contributed by atoms with E-state index >= 15 is 0 Å². The third-order valence-corrected chi connectivity index (χ3v) is 14.7. The van der Waals surface area contributed by atoms with Gasteiger partial charge in [0.25, 0.3) is 0 Å². The molecule has 30 N–H and O–H groups in total. The van der Waals surface area contributed by atoms with Crippen LogP contribution < -0.4 is 34.4 Å². The monoisotopic (exact) mass is 1460 g/mol. The van der Waals surface area contributed by atoms with E-state index in [-0.39, 0.29) is 70.7 Å². The maximum absolute atomic E-state index is 9.97. The largest absolute Gasteiger partial charge is 0.394 e. The highest BCUT2D eigenvalue weighted by atomic mass is 16.6. The molecule has 564 valence electrons. The van der Waals surface area contributed by atoms with Gasteiger partial charge in [-0.25, -0.2) is 30.0 Å². The van der Waals surface area contributed by atoms with Crippen molar-refractivity contribution in [1.29, 1.82) is 0 Å². The highest BCUT2D eigenvalue weighted by Crippen LogP contribution is 2.32. The lowest BCUT2D eigenvalue weighted by atomic mass is 10.1. The maximum Gasteiger partial charge on any atom is 0.223 e. The van der Waals surface area contributed by atoms with Gasteiger partial charge in [-0.15, -0.1) is 0 Å². The van der Waals surface area contributed by atoms with E-state index in [1.165, 1.54) is 45.0 Å². The molecule has 6 fully saturated rings. The summed E-state index contributed by atoms with van der Waals surface area (Å²) in [5, 5.41) is 172. The normalized spacial score (nSPS) is 43.5. The molecule has 0 spiro atoms. The van der Waals surface area contributed by atoms with Gasteiger partial charge < -0.3 is 155 Å². The number of aliphatic hydroxyl groups excluding tert-OH is 13. The Kier molecular flexibility index (Phi) is 23.0. The molecule has 12 aliphatic rings. The van der Waals surface area contributed by atoms with Crippen LogP contribution in [-0.2, 0) is 28.4 Å². The van der Waals surface area contributed by atoms with Crippen molar-refractivity contribution in [1.82, 2.24) is 29.4 Å². The number of hydrogen-bond donors (Lipinski definition) is 24. The molecule has 0 bridgehead atoms. The third-order valence-electron chi connectivity index (χ3n) is 14.7. The Labute approximate surface area is 591 Å². The lowest BCUT2D eigenvalue weighted by Gasteiger charge is -2.29. The summed E-state index contributed by atoms with van der Waals surface area (Å²) in [5.74, 6) is 0.324. The zero-order valence-electron chi connectivity index (χ0n) is 62.9. The molecular formula is C54H84N24O24. The van der Waals surface area contributed by atoms with Crippen LogP contribution >= 0.6 is 0 Å². The van der Waals surface area contributed by atoms with Gasteiger partial charge >= 0.3 is 0 Å². The summed E-state index contributed by atoms with van der Waals surface area (Å²) in [6.45, 7) is 12.8. The topological polar surface area (TPSA) is 743 Å². The zero-order valence-corrected chi connectivity index (χ0v) is 52.9. The van der Waals surface area contributed by atoms with Crippen molar-refractivity contribution in [2.75, 3.05) is 39.5 Å². The second-order valence-electron chi connectivity index (χ2n) is 21.4. The molecule has 0 amide bonds. The highest BCUT2D eigenvalue weighted by Gasteiger charge is 2.51. The van der Waals surface area contributed by atoms with E-state index in [9.17, 15) is 71.5 Å². The smallest absolute Gasteiger partial charge is 0.223 e. The number of rotatable bonds is 12. The maximum atomic E-state index is 9.97. The van der Waals surface area contributed by atoms with Crippen molar-refractivity contribution in [3.8, 4) is 0 Å². The second-order valence-corrected chi connectivity index (χ2v) is 21.4. The van der Waals surface area contributed by atoms with E-state index in [1.54, 1.807) is 0 Å². The number of ether oxygens (including phenoxy) is 6. The second kappa shape index (κ2) is 35.3. The van der Waals surface area contributed by atoms with Gasteiger partial charge in [0, 0.05) is 0 Å². The molecule has 48 heteroatoms. The molecule has 12 aliphatic heterocycles. The van der Waals surface area contributed by atoms with Crippen LogP contribution in [0.4, 0.5) is 0 Å².